The summed E-state index contributed by atoms with van der Waals surface area (Å²) in [7, 11) is 0. The molecule has 20 heavy (non-hydrogen) atoms. The van der Waals surface area contributed by atoms with E-state index in [0.717, 1.165) is 44.7 Å². The van der Waals surface area contributed by atoms with Gasteiger partial charge in [0.2, 0.25) is 0 Å². The minimum absolute atomic E-state index is 0.0647. The van der Waals surface area contributed by atoms with E-state index < -0.39 is 0 Å². The van der Waals surface area contributed by atoms with E-state index in [-0.39, 0.29) is 17.8 Å². The van der Waals surface area contributed by atoms with Gasteiger partial charge in [-0.05, 0) is 37.8 Å². The number of aliphatic hydroxyl groups excluding tert-OH is 1. The van der Waals surface area contributed by atoms with Crippen molar-refractivity contribution in [1.29, 1.82) is 0 Å². The third-order valence-corrected chi connectivity index (χ3v) is 4.77. The summed E-state index contributed by atoms with van der Waals surface area (Å²) in [5.41, 5.74) is 0.589. The van der Waals surface area contributed by atoms with Crippen LogP contribution in [0.15, 0.2) is 24.3 Å². The smallest absolute Gasteiger partial charge is 0.146 e. The monoisotopic (exact) mass is 279 g/mol. The number of aliphatic hydroxyl groups is 1. The van der Waals surface area contributed by atoms with Crippen LogP contribution in [-0.2, 0) is 0 Å². The van der Waals surface area contributed by atoms with E-state index in [1.807, 2.05) is 19.1 Å². The van der Waals surface area contributed by atoms with E-state index in [2.05, 4.69) is 11.8 Å². The molecule has 0 saturated heterocycles. The molecule has 2 nitrogen and oxygen atoms in total. The molecule has 0 amide bonds. The molecule has 0 unspecified atom stereocenters. The van der Waals surface area contributed by atoms with Crippen molar-refractivity contribution in [2.45, 2.75) is 39.5 Å². The van der Waals surface area contributed by atoms with Gasteiger partial charge in [-0.3, -0.25) is 0 Å². The van der Waals surface area contributed by atoms with Crippen molar-refractivity contribution in [3.8, 4) is 0 Å². The van der Waals surface area contributed by atoms with E-state index in [1.54, 1.807) is 6.07 Å². The molecule has 3 heteroatoms. The van der Waals surface area contributed by atoms with Gasteiger partial charge in [-0.15, -0.1) is 0 Å². The maximum atomic E-state index is 14.0. The molecule has 0 heterocycles. The molecule has 0 atom stereocenters. The first-order valence-electron chi connectivity index (χ1n) is 7.70. The summed E-state index contributed by atoms with van der Waals surface area (Å²) in [4.78, 5) is 2.07. The highest BCUT2D eigenvalue weighted by Crippen LogP contribution is 2.40. The SMILES string of the molecule is CCN(CC1(CO)CCC(C)CC1)c1ccccc1F. The summed E-state index contributed by atoms with van der Waals surface area (Å²) in [6.45, 7) is 6.02. The lowest BCUT2D eigenvalue weighted by Crippen LogP contribution is -2.43. The van der Waals surface area contributed by atoms with Crippen molar-refractivity contribution in [3.05, 3.63) is 30.1 Å². The maximum Gasteiger partial charge on any atom is 0.146 e. The standard InChI is InChI=1S/C17H26FNO/c1-3-19(16-7-5-4-6-15(16)18)12-17(13-20)10-8-14(2)9-11-17/h4-7,14,20H,3,8-13H2,1-2H3. The topological polar surface area (TPSA) is 23.5 Å². The average Bonchev–Trinajstić information content (AvgIpc) is 2.48. The fourth-order valence-electron chi connectivity index (χ4n) is 3.22. The van der Waals surface area contributed by atoms with Gasteiger partial charge >= 0.3 is 0 Å². The molecule has 1 aliphatic rings. The number of halogens is 1. The largest absolute Gasteiger partial charge is 0.396 e. The highest BCUT2D eigenvalue weighted by molar-refractivity contribution is 5.47. The Morgan fingerprint density at radius 2 is 1.95 bits per heavy atom. The molecule has 112 valence electrons. The van der Waals surface area contributed by atoms with Crippen LogP contribution in [0.25, 0.3) is 0 Å². The number of hydrogen-bond donors (Lipinski definition) is 1. The van der Waals surface area contributed by atoms with Gasteiger partial charge in [-0.1, -0.05) is 31.9 Å². The van der Waals surface area contributed by atoms with E-state index in [0.29, 0.717) is 5.69 Å². The number of hydrogen-bond acceptors (Lipinski definition) is 2. The molecule has 2 rings (SSSR count). The van der Waals surface area contributed by atoms with Gasteiger partial charge in [0.05, 0.1) is 12.3 Å². The molecule has 1 N–H and O–H groups in total. The van der Waals surface area contributed by atoms with Crippen molar-refractivity contribution in [3.63, 3.8) is 0 Å². The molecule has 0 bridgehead atoms. The van der Waals surface area contributed by atoms with E-state index >= 15 is 0 Å². The summed E-state index contributed by atoms with van der Waals surface area (Å²) in [5.74, 6) is 0.574. The number of para-hydroxylation sites is 1. The average molecular weight is 279 g/mol. The Balaban J connectivity index is 2.14. The number of rotatable bonds is 5. The molecular weight excluding hydrogens is 253 g/mol. The zero-order chi connectivity index (χ0) is 14.6. The van der Waals surface area contributed by atoms with Crippen molar-refractivity contribution >= 4 is 5.69 Å². The second kappa shape index (κ2) is 6.57. The molecule has 0 aliphatic heterocycles. The minimum atomic E-state index is -0.174. The minimum Gasteiger partial charge on any atom is -0.396 e. The zero-order valence-electron chi connectivity index (χ0n) is 12.6. The molecule has 1 saturated carbocycles. The lowest BCUT2D eigenvalue weighted by molar-refractivity contribution is 0.0730. The van der Waals surface area contributed by atoms with E-state index in [1.165, 1.54) is 6.07 Å². The van der Waals surface area contributed by atoms with Crippen LogP contribution in [0.1, 0.15) is 39.5 Å². The van der Waals surface area contributed by atoms with Crippen LogP contribution in [0.5, 0.6) is 0 Å². The van der Waals surface area contributed by atoms with Crippen molar-refractivity contribution in [2.24, 2.45) is 11.3 Å². The van der Waals surface area contributed by atoms with E-state index in [9.17, 15) is 9.50 Å². The summed E-state index contributed by atoms with van der Waals surface area (Å²) in [6.07, 6.45) is 4.40. The zero-order valence-corrected chi connectivity index (χ0v) is 12.6. The quantitative estimate of drug-likeness (QED) is 0.885. The Labute approximate surface area is 121 Å². The molecule has 1 aromatic rings. The lowest BCUT2D eigenvalue weighted by Gasteiger charge is -2.42. The normalized spacial score (nSPS) is 26.5. The summed E-state index contributed by atoms with van der Waals surface area (Å²) < 4.78 is 14.0. The Morgan fingerprint density at radius 3 is 2.50 bits per heavy atom. The first kappa shape index (κ1) is 15.3. The van der Waals surface area contributed by atoms with Crippen LogP contribution in [-0.4, -0.2) is 24.8 Å². The van der Waals surface area contributed by atoms with Crippen LogP contribution >= 0.6 is 0 Å². The van der Waals surface area contributed by atoms with Gasteiger partial charge in [0, 0.05) is 18.5 Å². The first-order valence-corrected chi connectivity index (χ1v) is 7.70. The van der Waals surface area contributed by atoms with Crippen molar-refractivity contribution < 1.29 is 9.50 Å². The van der Waals surface area contributed by atoms with Gasteiger partial charge in [0.15, 0.2) is 0 Å². The highest BCUT2D eigenvalue weighted by Gasteiger charge is 2.35. The third-order valence-electron chi connectivity index (χ3n) is 4.77. The number of nitrogens with zero attached hydrogens (tertiary/aromatic N) is 1. The van der Waals surface area contributed by atoms with Crippen LogP contribution in [0, 0.1) is 17.2 Å². The van der Waals surface area contributed by atoms with Gasteiger partial charge in [0.1, 0.15) is 5.82 Å². The summed E-state index contributed by atoms with van der Waals surface area (Å²) in [5, 5.41) is 9.87. The molecule has 0 radical (unpaired) electrons. The molecule has 0 aromatic heterocycles. The molecular formula is C17H26FNO. The lowest BCUT2D eigenvalue weighted by atomic mass is 9.71. The molecule has 1 aromatic carbocycles. The summed E-state index contributed by atoms with van der Waals surface area (Å²) in [6, 6.07) is 6.92. The van der Waals surface area contributed by atoms with Crippen LogP contribution in [0.2, 0.25) is 0 Å². The van der Waals surface area contributed by atoms with Gasteiger partial charge < -0.3 is 10.0 Å². The Kier molecular flexibility index (Phi) is 5.03. The van der Waals surface area contributed by atoms with Crippen molar-refractivity contribution in [2.75, 3.05) is 24.6 Å². The molecule has 1 fully saturated rings. The molecule has 0 spiro atoms. The number of anilines is 1. The second-order valence-electron chi connectivity index (χ2n) is 6.31. The van der Waals surface area contributed by atoms with Gasteiger partial charge in [0.25, 0.3) is 0 Å². The second-order valence-corrected chi connectivity index (χ2v) is 6.31. The highest BCUT2D eigenvalue weighted by atomic mass is 19.1. The Morgan fingerprint density at radius 1 is 1.30 bits per heavy atom. The van der Waals surface area contributed by atoms with Crippen molar-refractivity contribution in [1.82, 2.24) is 0 Å². The predicted octanol–water partition coefficient (Wildman–Crippen LogP) is 3.84. The Hall–Kier alpha value is -1.09. The van der Waals surface area contributed by atoms with Crippen LogP contribution in [0.4, 0.5) is 10.1 Å². The predicted molar refractivity (Wildman–Crippen MR) is 81.4 cm³/mol. The fourth-order valence-corrected chi connectivity index (χ4v) is 3.22. The van der Waals surface area contributed by atoms with Crippen LogP contribution < -0.4 is 4.90 Å². The van der Waals surface area contributed by atoms with Gasteiger partial charge in [-0.2, -0.15) is 0 Å². The fraction of sp³-hybridized carbons (Fsp3) is 0.647. The van der Waals surface area contributed by atoms with Crippen LogP contribution in [0.3, 0.4) is 0 Å². The summed E-state index contributed by atoms with van der Waals surface area (Å²) >= 11 is 0. The van der Waals surface area contributed by atoms with Gasteiger partial charge in [-0.25, -0.2) is 4.39 Å². The number of benzene rings is 1. The molecule has 1 aliphatic carbocycles. The third kappa shape index (κ3) is 3.32. The Bertz CT molecular complexity index is 427. The van der Waals surface area contributed by atoms with E-state index in [4.69, 9.17) is 0 Å². The maximum absolute atomic E-state index is 14.0. The first-order chi connectivity index (χ1) is 9.60.